The van der Waals surface area contributed by atoms with E-state index < -0.39 is 11.6 Å². The zero-order valence-corrected chi connectivity index (χ0v) is 29.5. The fourth-order valence-corrected chi connectivity index (χ4v) is 10.2. The van der Waals surface area contributed by atoms with Crippen LogP contribution in [0.1, 0.15) is 69.8 Å². The fraction of sp³-hybridized carbons (Fsp3) is 0.537. The Bertz CT molecular complexity index is 2050. The summed E-state index contributed by atoms with van der Waals surface area (Å²) < 4.78 is 50.0. The van der Waals surface area contributed by atoms with Crippen molar-refractivity contribution in [2.75, 3.05) is 57.6 Å². The number of anilines is 1. The molecule has 272 valence electrons. The smallest absolute Gasteiger partial charge is 0.319 e. The van der Waals surface area contributed by atoms with E-state index in [1.165, 1.54) is 49.9 Å². The average Bonchev–Trinajstić information content (AvgIpc) is 3.40. The average molecular weight is 710 g/mol. The van der Waals surface area contributed by atoms with E-state index in [1.54, 1.807) is 6.20 Å². The molecule has 9 nitrogen and oxygen atoms in total. The molecule has 2 aromatic heterocycles. The maximum absolute atomic E-state index is 17.0. The number of benzene rings is 2. The van der Waals surface area contributed by atoms with Crippen LogP contribution in [0.25, 0.3) is 32.9 Å². The number of halogens is 2. The van der Waals surface area contributed by atoms with E-state index in [0.717, 1.165) is 58.3 Å². The lowest BCUT2D eigenvalue weighted by atomic mass is 9.60. The number of aromatic hydroxyl groups is 1. The fourth-order valence-electron chi connectivity index (χ4n) is 10.2. The lowest BCUT2D eigenvalue weighted by Crippen LogP contribution is -2.61. The van der Waals surface area contributed by atoms with E-state index in [2.05, 4.69) is 20.7 Å². The van der Waals surface area contributed by atoms with Crippen LogP contribution in [0.15, 0.2) is 30.5 Å². The van der Waals surface area contributed by atoms with Crippen LogP contribution in [0, 0.1) is 34.8 Å². The molecule has 0 bridgehead atoms. The number of nitrogens with zero attached hydrogens (tertiary/aromatic N) is 5. The van der Waals surface area contributed by atoms with Crippen LogP contribution in [0.2, 0.25) is 0 Å². The van der Waals surface area contributed by atoms with Gasteiger partial charge in [-0.2, -0.15) is 9.97 Å². The molecule has 5 fully saturated rings. The molecule has 52 heavy (non-hydrogen) atoms. The summed E-state index contributed by atoms with van der Waals surface area (Å²) in [5, 5.41) is 11.8. The summed E-state index contributed by atoms with van der Waals surface area (Å²) in [6, 6.07) is 6.79. The first-order chi connectivity index (χ1) is 25.4. The summed E-state index contributed by atoms with van der Waals surface area (Å²) in [5.41, 5.74) is 0.565. The van der Waals surface area contributed by atoms with Gasteiger partial charge in [-0.25, -0.2) is 8.78 Å². The summed E-state index contributed by atoms with van der Waals surface area (Å²) in [7, 11) is 0. The number of pyridine rings is 1. The maximum Gasteiger partial charge on any atom is 0.319 e. The summed E-state index contributed by atoms with van der Waals surface area (Å²) in [5.74, 6) is 1.50. The van der Waals surface area contributed by atoms with Gasteiger partial charge in [-0.1, -0.05) is 18.4 Å². The molecule has 5 heterocycles. The molecule has 2 unspecified atom stereocenters. The Balaban J connectivity index is 1.08. The predicted molar refractivity (Wildman–Crippen MR) is 194 cm³/mol. The second-order valence-corrected chi connectivity index (χ2v) is 15.7. The summed E-state index contributed by atoms with van der Waals surface area (Å²) >= 11 is 0. The number of likely N-dealkylation sites (tertiary alicyclic amines) is 1. The van der Waals surface area contributed by atoms with Gasteiger partial charge in [-0.15, -0.1) is 6.42 Å². The molecular weight excluding hydrogens is 664 g/mol. The van der Waals surface area contributed by atoms with Gasteiger partial charge in [0, 0.05) is 67.6 Å². The van der Waals surface area contributed by atoms with Crippen molar-refractivity contribution in [2.45, 2.75) is 76.3 Å². The Hall–Kier alpha value is -4.11. The van der Waals surface area contributed by atoms with E-state index in [1.807, 2.05) is 0 Å². The number of terminal acetylenes is 1. The van der Waals surface area contributed by atoms with Gasteiger partial charge in [-0.05, 0) is 93.3 Å². The lowest BCUT2D eigenvalue weighted by molar-refractivity contribution is -0.112. The Morgan fingerprint density at radius 2 is 1.79 bits per heavy atom. The van der Waals surface area contributed by atoms with Gasteiger partial charge in [0.1, 0.15) is 28.6 Å². The van der Waals surface area contributed by atoms with Crippen LogP contribution in [0.3, 0.4) is 0 Å². The first kappa shape index (κ1) is 33.7. The molecule has 5 aliphatic rings. The highest BCUT2D eigenvalue weighted by Crippen LogP contribution is 2.55. The lowest BCUT2D eigenvalue weighted by Gasteiger charge is -2.58. The van der Waals surface area contributed by atoms with Crippen LogP contribution in [-0.2, 0) is 9.47 Å². The molecule has 1 spiro atoms. The van der Waals surface area contributed by atoms with Gasteiger partial charge in [0.25, 0.3) is 0 Å². The SMILES string of the molecule is C#Cc1c(F)ccc2cc(O)cc(-c3ncc4c(N5CCCOCC5)nc(OCC56CCCC5N(C5CC7(CCOCC7)C5)CCC6)nc4c3F)c12. The predicted octanol–water partition coefficient (Wildman–Crippen LogP) is 7.01. The van der Waals surface area contributed by atoms with E-state index in [9.17, 15) is 9.50 Å². The minimum atomic E-state index is -0.719. The van der Waals surface area contributed by atoms with Crippen LogP contribution >= 0.6 is 0 Å². The normalized spacial score (nSPS) is 25.2. The minimum Gasteiger partial charge on any atom is -0.508 e. The van der Waals surface area contributed by atoms with E-state index in [-0.39, 0.29) is 39.5 Å². The molecule has 0 amide bonds. The number of hydrogen-bond acceptors (Lipinski definition) is 9. The van der Waals surface area contributed by atoms with Gasteiger partial charge in [0.05, 0.1) is 24.2 Å². The zero-order chi connectivity index (χ0) is 35.5. The third-order valence-electron chi connectivity index (χ3n) is 12.8. The number of phenols is 1. The highest BCUT2D eigenvalue weighted by atomic mass is 19.1. The molecule has 0 radical (unpaired) electrons. The number of phenolic OH excluding ortho intramolecular Hbond substituents is 1. The molecule has 1 N–H and O–H groups in total. The second-order valence-electron chi connectivity index (χ2n) is 15.7. The van der Waals surface area contributed by atoms with Crippen molar-refractivity contribution in [3.8, 4) is 35.4 Å². The van der Waals surface area contributed by atoms with Crippen LogP contribution in [-0.4, -0.2) is 89.7 Å². The first-order valence-corrected chi connectivity index (χ1v) is 18.9. The Morgan fingerprint density at radius 1 is 0.962 bits per heavy atom. The van der Waals surface area contributed by atoms with Crippen molar-refractivity contribution in [1.82, 2.24) is 19.9 Å². The van der Waals surface area contributed by atoms with Crippen molar-refractivity contribution >= 4 is 27.5 Å². The third-order valence-corrected chi connectivity index (χ3v) is 12.8. The van der Waals surface area contributed by atoms with Crippen LogP contribution < -0.4 is 9.64 Å². The monoisotopic (exact) mass is 709 g/mol. The molecule has 2 saturated carbocycles. The van der Waals surface area contributed by atoms with E-state index >= 15 is 4.39 Å². The topological polar surface area (TPSA) is 93.1 Å². The Kier molecular flexibility index (Phi) is 8.68. The highest BCUT2D eigenvalue weighted by Gasteiger charge is 2.54. The van der Waals surface area contributed by atoms with Gasteiger partial charge >= 0.3 is 6.01 Å². The van der Waals surface area contributed by atoms with Crippen molar-refractivity contribution < 1.29 is 28.1 Å². The molecule has 2 aliphatic carbocycles. The van der Waals surface area contributed by atoms with Crippen LogP contribution in [0.4, 0.5) is 14.6 Å². The summed E-state index contributed by atoms with van der Waals surface area (Å²) in [6.45, 7) is 5.77. The molecule has 4 aromatic rings. The molecular formula is C41H45F2N5O4. The number of ether oxygens (including phenoxy) is 3. The van der Waals surface area contributed by atoms with Gasteiger partial charge in [0.15, 0.2) is 5.82 Å². The highest BCUT2D eigenvalue weighted by molar-refractivity contribution is 6.03. The van der Waals surface area contributed by atoms with Crippen molar-refractivity contribution in [3.05, 3.63) is 47.7 Å². The number of rotatable bonds is 6. The molecule has 3 saturated heterocycles. The minimum absolute atomic E-state index is 0.0102. The Morgan fingerprint density at radius 3 is 2.63 bits per heavy atom. The van der Waals surface area contributed by atoms with E-state index in [4.69, 9.17) is 30.6 Å². The number of fused-ring (bicyclic) bond motifs is 3. The number of aromatic nitrogens is 3. The summed E-state index contributed by atoms with van der Waals surface area (Å²) in [4.78, 5) is 19.1. The molecule has 9 rings (SSSR count). The molecule has 2 atom stereocenters. The Labute approximate surface area is 302 Å². The number of hydrogen-bond donors (Lipinski definition) is 1. The van der Waals surface area contributed by atoms with Gasteiger partial charge in [0.2, 0.25) is 0 Å². The zero-order valence-electron chi connectivity index (χ0n) is 29.5. The standard InChI is InChI=1S/C41H45F2N5O4/c1-2-29-32(42)8-7-26-20-28(49)21-30(34(26)29)36-35(43)37-31(24-44-36)38(47-13-5-16-50-19-15-47)46-39(45-37)52-25-41-9-3-6-33(41)48(14-4-10-41)27-22-40(23-27)11-17-51-18-12-40/h1,7-8,20-21,24,27,33,49H,3-6,9-19,22-23,25H2. The van der Waals surface area contributed by atoms with Crippen molar-refractivity contribution in [2.24, 2.45) is 10.8 Å². The third kappa shape index (κ3) is 5.74. The molecule has 11 heteroatoms. The summed E-state index contributed by atoms with van der Waals surface area (Å²) in [6.07, 6.45) is 18.6. The quantitative estimate of drug-likeness (QED) is 0.212. The first-order valence-electron chi connectivity index (χ1n) is 18.9. The molecule has 3 aliphatic heterocycles. The molecule has 2 aromatic carbocycles. The maximum atomic E-state index is 17.0. The van der Waals surface area contributed by atoms with Gasteiger partial charge in [-0.3, -0.25) is 9.88 Å². The second kappa shape index (κ2) is 13.4. The largest absolute Gasteiger partial charge is 0.508 e. The van der Waals surface area contributed by atoms with Gasteiger partial charge < -0.3 is 24.2 Å². The van der Waals surface area contributed by atoms with Crippen LogP contribution in [0.5, 0.6) is 11.8 Å². The van der Waals surface area contributed by atoms with Crippen molar-refractivity contribution in [3.63, 3.8) is 0 Å². The van der Waals surface area contributed by atoms with E-state index in [0.29, 0.717) is 72.4 Å². The van der Waals surface area contributed by atoms with Crippen molar-refractivity contribution in [1.29, 1.82) is 0 Å². The number of piperidine rings is 1.